The maximum Gasteiger partial charge on any atom is 0.322 e. The summed E-state index contributed by atoms with van der Waals surface area (Å²) in [6.07, 6.45) is 4.85. The Morgan fingerprint density at radius 3 is 3.08 bits per heavy atom. The predicted octanol–water partition coefficient (Wildman–Crippen LogP) is 2.77. The molecule has 0 bridgehead atoms. The van der Waals surface area contributed by atoms with Gasteiger partial charge < -0.3 is 4.18 Å². The smallest absolute Gasteiger partial charge is 0.322 e. The third-order valence-electron chi connectivity index (χ3n) is 2.09. The van der Waals surface area contributed by atoms with E-state index in [9.17, 15) is 4.79 Å². The lowest BCUT2D eigenvalue weighted by molar-refractivity contribution is -0.137. The quantitative estimate of drug-likeness (QED) is 0.324. The maximum atomic E-state index is 11.2. The number of rotatable bonds is 2. The molecule has 0 aliphatic heterocycles. The SMILES string of the molecule is CC1=CC[C@H](C(=O)OSS)CC1. The highest BCUT2D eigenvalue weighted by molar-refractivity contribution is 8.66. The van der Waals surface area contributed by atoms with Crippen LogP contribution in [0.4, 0.5) is 0 Å². The fourth-order valence-electron chi connectivity index (χ4n) is 1.28. The molecule has 1 atom stereocenters. The van der Waals surface area contributed by atoms with Crippen LogP contribution in [0.1, 0.15) is 26.2 Å². The molecule has 0 aromatic carbocycles. The average molecular weight is 204 g/mol. The lowest BCUT2D eigenvalue weighted by Gasteiger charge is -2.17. The van der Waals surface area contributed by atoms with Gasteiger partial charge in [0.2, 0.25) is 0 Å². The van der Waals surface area contributed by atoms with E-state index < -0.39 is 0 Å². The molecule has 1 rings (SSSR count). The summed E-state index contributed by atoms with van der Waals surface area (Å²) >= 11 is 4.58. The van der Waals surface area contributed by atoms with Crippen LogP contribution in [0, 0.1) is 5.92 Å². The molecule has 0 fully saturated rings. The molecule has 2 nitrogen and oxygen atoms in total. The minimum Gasteiger partial charge on any atom is -0.379 e. The van der Waals surface area contributed by atoms with Crippen LogP contribution in [0.15, 0.2) is 11.6 Å². The van der Waals surface area contributed by atoms with Gasteiger partial charge in [-0.25, -0.2) is 0 Å². The highest BCUT2D eigenvalue weighted by atomic mass is 33.1. The van der Waals surface area contributed by atoms with Crippen LogP contribution in [-0.4, -0.2) is 5.97 Å². The van der Waals surface area contributed by atoms with E-state index in [0.29, 0.717) is 0 Å². The third-order valence-corrected chi connectivity index (χ3v) is 2.55. The van der Waals surface area contributed by atoms with Gasteiger partial charge in [0, 0.05) is 0 Å². The Morgan fingerprint density at radius 2 is 2.58 bits per heavy atom. The molecule has 0 aromatic heterocycles. The first-order chi connectivity index (χ1) is 5.74. The zero-order valence-electron chi connectivity index (χ0n) is 6.95. The van der Waals surface area contributed by atoms with Gasteiger partial charge in [0.05, 0.1) is 5.92 Å². The van der Waals surface area contributed by atoms with E-state index in [1.165, 1.54) is 5.57 Å². The number of hydrogen-bond acceptors (Lipinski definition) is 4. The van der Waals surface area contributed by atoms with Crippen molar-refractivity contribution >= 4 is 28.7 Å². The van der Waals surface area contributed by atoms with Crippen molar-refractivity contribution in [3.63, 3.8) is 0 Å². The van der Waals surface area contributed by atoms with Gasteiger partial charge in [-0.05, 0) is 26.2 Å². The number of hydrogen-bond donors (Lipinski definition) is 1. The summed E-state index contributed by atoms with van der Waals surface area (Å²) in [5.74, 6) is -0.0906. The molecule has 68 valence electrons. The largest absolute Gasteiger partial charge is 0.379 e. The van der Waals surface area contributed by atoms with E-state index in [-0.39, 0.29) is 11.9 Å². The van der Waals surface area contributed by atoms with Gasteiger partial charge in [-0.2, -0.15) is 0 Å². The van der Waals surface area contributed by atoms with Crippen molar-refractivity contribution in [3.05, 3.63) is 11.6 Å². The van der Waals surface area contributed by atoms with Crippen molar-refractivity contribution in [3.8, 4) is 0 Å². The minimum atomic E-state index is -0.140. The van der Waals surface area contributed by atoms with Crippen LogP contribution in [0.2, 0.25) is 0 Å². The van der Waals surface area contributed by atoms with Gasteiger partial charge in [-0.1, -0.05) is 23.3 Å². The monoisotopic (exact) mass is 204 g/mol. The summed E-state index contributed by atoms with van der Waals surface area (Å²) in [5, 5.41) is 0. The lowest BCUT2D eigenvalue weighted by Crippen LogP contribution is -2.16. The summed E-state index contributed by atoms with van der Waals surface area (Å²) in [5.41, 5.74) is 1.37. The molecule has 0 heterocycles. The number of carbonyl (C=O) groups excluding carboxylic acids is 1. The second-order valence-corrected chi connectivity index (χ2v) is 3.76. The summed E-state index contributed by atoms with van der Waals surface area (Å²) in [7, 11) is 0. The van der Waals surface area contributed by atoms with Gasteiger partial charge in [-0.3, -0.25) is 4.79 Å². The van der Waals surface area contributed by atoms with Crippen molar-refractivity contribution in [1.29, 1.82) is 0 Å². The molecule has 0 saturated carbocycles. The molecule has 0 spiro atoms. The van der Waals surface area contributed by atoms with Crippen LogP contribution >= 0.6 is 22.7 Å². The summed E-state index contributed by atoms with van der Waals surface area (Å²) in [6, 6.07) is 0. The molecule has 0 amide bonds. The molecular formula is C8H12O2S2. The molecule has 0 aromatic rings. The fourth-order valence-corrected chi connectivity index (χ4v) is 1.71. The third kappa shape index (κ3) is 2.75. The number of thiol groups is 1. The molecule has 4 heteroatoms. The van der Waals surface area contributed by atoms with Gasteiger partial charge >= 0.3 is 5.97 Å². The molecule has 1 aliphatic carbocycles. The maximum absolute atomic E-state index is 11.2. The van der Waals surface area contributed by atoms with Crippen LogP contribution < -0.4 is 0 Å². The molecular weight excluding hydrogens is 192 g/mol. The summed E-state index contributed by atoms with van der Waals surface area (Å²) in [4.78, 5) is 11.2. The molecule has 0 radical (unpaired) electrons. The fraction of sp³-hybridized carbons (Fsp3) is 0.625. The van der Waals surface area contributed by atoms with Crippen molar-refractivity contribution in [2.75, 3.05) is 0 Å². The van der Waals surface area contributed by atoms with Gasteiger partial charge in [0.1, 0.15) is 11.1 Å². The Hall–Kier alpha value is -0.0900. The zero-order valence-corrected chi connectivity index (χ0v) is 8.66. The van der Waals surface area contributed by atoms with Crippen LogP contribution in [0.5, 0.6) is 0 Å². The predicted molar refractivity (Wildman–Crippen MR) is 53.8 cm³/mol. The summed E-state index contributed by atoms with van der Waals surface area (Å²) < 4.78 is 4.73. The molecule has 0 unspecified atom stereocenters. The first kappa shape index (κ1) is 9.99. The number of allylic oxidation sites excluding steroid dienone is 2. The van der Waals surface area contributed by atoms with Crippen molar-refractivity contribution < 1.29 is 8.98 Å². The van der Waals surface area contributed by atoms with Crippen molar-refractivity contribution in [2.24, 2.45) is 5.92 Å². The summed E-state index contributed by atoms with van der Waals surface area (Å²) in [6.45, 7) is 2.09. The Kier molecular flexibility index (Phi) is 4.01. The zero-order chi connectivity index (χ0) is 8.97. The van der Waals surface area contributed by atoms with Crippen LogP contribution in [0.3, 0.4) is 0 Å². The Morgan fingerprint density at radius 1 is 1.83 bits per heavy atom. The van der Waals surface area contributed by atoms with E-state index in [1.807, 2.05) is 0 Å². The standard InChI is InChI=1S/C8H12O2S2/c1-6-2-4-7(5-3-6)8(9)10-12-11/h2,7,11H,3-5H2,1H3/t7-/m0/s1. The second-order valence-electron chi connectivity index (χ2n) is 3.00. The van der Waals surface area contributed by atoms with E-state index >= 15 is 0 Å². The Balaban J connectivity index is 2.40. The normalized spacial score (nSPS) is 23.2. The first-order valence-corrected chi connectivity index (χ1v) is 5.71. The molecule has 0 N–H and O–H groups in total. The van der Waals surface area contributed by atoms with Gasteiger partial charge in [0.25, 0.3) is 0 Å². The van der Waals surface area contributed by atoms with Crippen LogP contribution in [-0.2, 0) is 8.98 Å². The Labute approximate surface area is 81.8 Å². The van der Waals surface area contributed by atoms with E-state index in [0.717, 1.165) is 30.3 Å². The van der Waals surface area contributed by atoms with E-state index in [2.05, 4.69) is 24.7 Å². The average Bonchev–Trinajstić information content (AvgIpc) is 2.06. The van der Waals surface area contributed by atoms with E-state index in [1.54, 1.807) is 0 Å². The minimum absolute atomic E-state index is 0.0494. The van der Waals surface area contributed by atoms with E-state index in [4.69, 9.17) is 4.18 Å². The first-order valence-electron chi connectivity index (χ1n) is 3.91. The number of carbonyl (C=O) groups is 1. The molecule has 0 saturated heterocycles. The Bertz CT molecular complexity index is 201. The molecule has 12 heavy (non-hydrogen) atoms. The van der Waals surface area contributed by atoms with Gasteiger partial charge in [-0.15, -0.1) is 0 Å². The highest BCUT2D eigenvalue weighted by Gasteiger charge is 2.21. The topological polar surface area (TPSA) is 26.3 Å². The van der Waals surface area contributed by atoms with Gasteiger partial charge in [0.15, 0.2) is 0 Å². The molecule has 1 aliphatic rings. The lowest BCUT2D eigenvalue weighted by atomic mass is 9.90. The van der Waals surface area contributed by atoms with Crippen molar-refractivity contribution in [2.45, 2.75) is 26.2 Å². The van der Waals surface area contributed by atoms with Crippen molar-refractivity contribution in [1.82, 2.24) is 0 Å². The second kappa shape index (κ2) is 4.82. The van der Waals surface area contributed by atoms with Crippen LogP contribution in [0.25, 0.3) is 0 Å². The highest BCUT2D eigenvalue weighted by Crippen LogP contribution is 2.25.